The van der Waals surface area contributed by atoms with E-state index in [1.54, 1.807) is 10.9 Å². The van der Waals surface area contributed by atoms with E-state index in [4.69, 9.17) is 10.7 Å². The molecule has 0 atom stereocenters. The number of nitrogen functional groups attached to an aromatic ring is 1. The molecule has 1 aliphatic heterocycles. The van der Waals surface area contributed by atoms with Gasteiger partial charge in [-0.15, -0.1) is 0 Å². The minimum Gasteiger partial charge on any atom is -0.382 e. The lowest BCUT2D eigenvalue weighted by Crippen LogP contribution is -2.28. The molecule has 4 rings (SSSR count). The predicted octanol–water partition coefficient (Wildman–Crippen LogP) is 2.73. The lowest BCUT2D eigenvalue weighted by molar-refractivity contribution is -0.504. The smallest absolute Gasteiger partial charge is 0.221 e. The number of aromatic nitrogens is 2. The average Bonchev–Trinajstić information content (AvgIpc) is 3.37. The highest BCUT2D eigenvalue weighted by Gasteiger charge is 2.22. The third kappa shape index (κ3) is 4.40. The van der Waals surface area contributed by atoms with Gasteiger partial charge in [0.2, 0.25) is 11.6 Å². The molecule has 2 aliphatic rings. The molecular formula is C23H27N6O+. The average molecular weight is 404 g/mol. The molecule has 1 aromatic heterocycles. The van der Waals surface area contributed by atoms with Crippen molar-refractivity contribution in [3.05, 3.63) is 65.5 Å². The van der Waals surface area contributed by atoms with Crippen LogP contribution in [0, 0.1) is 6.92 Å². The maximum atomic E-state index is 11.7. The van der Waals surface area contributed by atoms with Crippen molar-refractivity contribution in [3.8, 4) is 0 Å². The molecule has 1 fully saturated rings. The molecule has 0 radical (unpaired) electrons. The fourth-order valence-corrected chi connectivity index (χ4v) is 3.68. The SMILES string of the molecule is CC(=O)NC1=CC(=[N+]2CCCC2)C=C/C1=N/c1cnn(Cc2ccc(C)cc2)c1N. The van der Waals surface area contributed by atoms with Crippen molar-refractivity contribution < 1.29 is 9.37 Å². The van der Waals surface area contributed by atoms with Gasteiger partial charge in [-0.25, -0.2) is 14.2 Å². The molecule has 3 N–H and O–H groups in total. The van der Waals surface area contributed by atoms with Gasteiger partial charge in [0, 0.05) is 31.9 Å². The van der Waals surface area contributed by atoms with E-state index in [0.29, 0.717) is 29.5 Å². The molecule has 1 saturated heterocycles. The first-order chi connectivity index (χ1) is 14.5. The summed E-state index contributed by atoms with van der Waals surface area (Å²) in [5.74, 6) is 0.362. The van der Waals surface area contributed by atoms with Crippen LogP contribution in [0.15, 0.2) is 59.4 Å². The Morgan fingerprint density at radius 1 is 1.23 bits per heavy atom. The molecule has 1 amide bonds. The maximum Gasteiger partial charge on any atom is 0.221 e. The number of hydrogen-bond donors (Lipinski definition) is 2. The summed E-state index contributed by atoms with van der Waals surface area (Å²) in [6.07, 6.45) is 10.0. The number of carbonyl (C=O) groups is 1. The molecule has 30 heavy (non-hydrogen) atoms. The first-order valence-corrected chi connectivity index (χ1v) is 10.2. The van der Waals surface area contributed by atoms with Crippen LogP contribution in [0.2, 0.25) is 0 Å². The van der Waals surface area contributed by atoms with Crippen LogP contribution in [-0.4, -0.2) is 44.8 Å². The number of aliphatic imine (C=N–C) groups is 1. The Morgan fingerprint density at radius 2 is 1.97 bits per heavy atom. The first-order valence-electron chi connectivity index (χ1n) is 10.2. The van der Waals surface area contributed by atoms with Gasteiger partial charge in [-0.2, -0.15) is 5.10 Å². The number of allylic oxidation sites excluding steroid dienone is 3. The number of carbonyl (C=O) groups excluding carboxylic acids is 1. The van der Waals surface area contributed by atoms with Gasteiger partial charge in [-0.05, 0) is 18.6 Å². The molecule has 0 saturated carbocycles. The summed E-state index contributed by atoms with van der Waals surface area (Å²) < 4.78 is 4.06. The van der Waals surface area contributed by atoms with Gasteiger partial charge >= 0.3 is 0 Å². The molecule has 0 bridgehead atoms. The van der Waals surface area contributed by atoms with Crippen LogP contribution in [-0.2, 0) is 11.3 Å². The molecule has 1 aromatic carbocycles. The quantitative estimate of drug-likeness (QED) is 0.608. The summed E-state index contributed by atoms with van der Waals surface area (Å²) in [5.41, 5.74) is 11.7. The Kier molecular flexibility index (Phi) is 5.61. The molecule has 7 heteroatoms. The summed E-state index contributed by atoms with van der Waals surface area (Å²) in [4.78, 5) is 16.4. The summed E-state index contributed by atoms with van der Waals surface area (Å²) in [6.45, 7) is 6.21. The second-order valence-corrected chi connectivity index (χ2v) is 7.75. The van der Waals surface area contributed by atoms with Crippen LogP contribution >= 0.6 is 0 Å². The highest BCUT2D eigenvalue weighted by atomic mass is 16.1. The maximum absolute atomic E-state index is 11.7. The number of hydrogen-bond acceptors (Lipinski definition) is 4. The molecule has 7 nitrogen and oxygen atoms in total. The molecule has 0 spiro atoms. The van der Waals surface area contributed by atoms with Crippen LogP contribution in [0.3, 0.4) is 0 Å². The lowest BCUT2D eigenvalue weighted by atomic mass is 10.1. The molecule has 154 valence electrons. The zero-order valence-electron chi connectivity index (χ0n) is 17.4. The van der Waals surface area contributed by atoms with E-state index >= 15 is 0 Å². The van der Waals surface area contributed by atoms with Gasteiger partial charge in [0.05, 0.1) is 24.2 Å². The molecule has 2 aromatic rings. The molecule has 0 unspecified atom stereocenters. The van der Waals surface area contributed by atoms with E-state index in [2.05, 4.69) is 46.2 Å². The summed E-state index contributed by atoms with van der Waals surface area (Å²) in [5, 5.41) is 7.30. The summed E-state index contributed by atoms with van der Waals surface area (Å²) in [6, 6.07) is 8.28. The highest BCUT2D eigenvalue weighted by Crippen LogP contribution is 2.24. The number of rotatable bonds is 4. The molecule has 1 aliphatic carbocycles. The van der Waals surface area contributed by atoms with Gasteiger partial charge in [-0.3, -0.25) is 4.79 Å². The summed E-state index contributed by atoms with van der Waals surface area (Å²) >= 11 is 0. The zero-order valence-corrected chi connectivity index (χ0v) is 17.4. The van der Waals surface area contributed by atoms with Gasteiger partial charge in [-0.1, -0.05) is 29.8 Å². The van der Waals surface area contributed by atoms with Gasteiger partial charge < -0.3 is 11.1 Å². The third-order valence-corrected chi connectivity index (χ3v) is 5.32. The van der Waals surface area contributed by atoms with E-state index < -0.39 is 0 Å². The normalized spacial score (nSPS) is 17.5. The predicted molar refractivity (Wildman–Crippen MR) is 119 cm³/mol. The number of nitrogens with zero attached hydrogens (tertiary/aromatic N) is 4. The van der Waals surface area contributed by atoms with Crippen LogP contribution < -0.4 is 11.1 Å². The largest absolute Gasteiger partial charge is 0.382 e. The zero-order chi connectivity index (χ0) is 21.1. The number of anilines is 1. The van der Waals surface area contributed by atoms with Crippen molar-refractivity contribution in [1.29, 1.82) is 0 Å². The van der Waals surface area contributed by atoms with Crippen LogP contribution in [0.4, 0.5) is 11.5 Å². The first kappa shape index (κ1) is 19.8. The van der Waals surface area contributed by atoms with E-state index in [0.717, 1.165) is 24.4 Å². The van der Waals surface area contributed by atoms with Gasteiger partial charge in [0.25, 0.3) is 0 Å². The Balaban J connectivity index is 1.61. The topological polar surface area (TPSA) is 88.3 Å². The Bertz CT molecular complexity index is 1080. The van der Waals surface area contributed by atoms with Crippen LogP contribution in [0.1, 0.15) is 30.9 Å². The standard InChI is InChI=1S/C23H26N6O/c1-16-5-7-18(8-6-16)15-29-23(24)22(14-25-29)27-20-10-9-19(28-11-3-4-12-28)13-21(20)26-17(2)30/h5-10,13-14H,3-4,11-12,15H2,1-2H3,(H2,24,25,26,30)/p+1. The van der Waals surface area contributed by atoms with E-state index in [9.17, 15) is 4.79 Å². The van der Waals surface area contributed by atoms with Crippen LogP contribution in [0.5, 0.6) is 0 Å². The summed E-state index contributed by atoms with van der Waals surface area (Å²) in [7, 11) is 0. The van der Waals surface area contributed by atoms with Crippen molar-refractivity contribution in [2.24, 2.45) is 4.99 Å². The van der Waals surface area contributed by atoms with Gasteiger partial charge in [0.15, 0.2) is 0 Å². The van der Waals surface area contributed by atoms with Crippen molar-refractivity contribution >= 4 is 28.8 Å². The fraction of sp³-hybridized carbons (Fsp3) is 0.304. The highest BCUT2D eigenvalue weighted by molar-refractivity contribution is 6.21. The Morgan fingerprint density at radius 3 is 2.67 bits per heavy atom. The number of amides is 1. The number of aryl methyl sites for hydroxylation is 1. The van der Waals surface area contributed by atoms with Crippen LogP contribution in [0.25, 0.3) is 0 Å². The number of nitrogens with two attached hydrogens (primary N) is 1. The fourth-order valence-electron chi connectivity index (χ4n) is 3.68. The number of benzene rings is 1. The Labute approximate surface area is 176 Å². The third-order valence-electron chi connectivity index (χ3n) is 5.32. The molecular weight excluding hydrogens is 376 g/mol. The van der Waals surface area contributed by atoms with E-state index in [-0.39, 0.29) is 5.91 Å². The van der Waals surface area contributed by atoms with Crippen molar-refractivity contribution in [3.63, 3.8) is 0 Å². The minimum atomic E-state index is -0.131. The van der Waals surface area contributed by atoms with E-state index in [1.165, 1.54) is 25.3 Å². The lowest BCUT2D eigenvalue weighted by Gasteiger charge is -2.12. The monoisotopic (exact) mass is 403 g/mol. The van der Waals surface area contributed by atoms with Crippen molar-refractivity contribution in [2.75, 3.05) is 18.8 Å². The van der Waals surface area contributed by atoms with Crippen molar-refractivity contribution in [2.45, 2.75) is 33.2 Å². The second kappa shape index (κ2) is 8.49. The van der Waals surface area contributed by atoms with E-state index in [1.807, 2.05) is 18.2 Å². The van der Waals surface area contributed by atoms with Crippen molar-refractivity contribution in [1.82, 2.24) is 15.1 Å². The second-order valence-electron chi connectivity index (χ2n) is 7.75. The number of nitrogens with one attached hydrogen (secondary N) is 1. The Hall–Kier alpha value is -3.48. The molecule has 2 heterocycles. The van der Waals surface area contributed by atoms with Gasteiger partial charge in [0.1, 0.15) is 24.6 Å². The minimum absolute atomic E-state index is 0.131.